The number of carbonyl (C=O) groups excluding carboxylic acids is 2. The molecule has 2 amide bonds. The van der Waals surface area contributed by atoms with E-state index >= 15 is 0 Å². The fraction of sp³-hybridized carbons (Fsp3) is 0.833. The minimum absolute atomic E-state index is 0.143. The summed E-state index contributed by atoms with van der Waals surface area (Å²) in [5.74, 6) is -0.334. The van der Waals surface area contributed by atoms with Gasteiger partial charge in [0.1, 0.15) is 6.04 Å². The second kappa shape index (κ2) is 4.85. The van der Waals surface area contributed by atoms with E-state index in [2.05, 4.69) is 10.6 Å². The number of hydrogen-bond donors (Lipinski definition) is 2. The molecule has 0 spiro atoms. The predicted molar refractivity (Wildman–Crippen MR) is 65.0 cm³/mol. The van der Waals surface area contributed by atoms with Crippen molar-refractivity contribution in [3.63, 3.8) is 0 Å². The van der Waals surface area contributed by atoms with Gasteiger partial charge in [-0.3, -0.25) is 9.59 Å². The third-order valence-electron chi connectivity index (χ3n) is 1.97. The van der Waals surface area contributed by atoms with Crippen LogP contribution >= 0.6 is 0 Å². The van der Waals surface area contributed by atoms with Crippen LogP contribution < -0.4 is 10.6 Å². The summed E-state index contributed by atoms with van der Waals surface area (Å²) in [6, 6.07) is -0.510. The van der Waals surface area contributed by atoms with E-state index in [1.165, 1.54) is 6.92 Å². The summed E-state index contributed by atoms with van der Waals surface area (Å²) in [5, 5.41) is 5.57. The van der Waals surface area contributed by atoms with E-state index < -0.39 is 6.04 Å². The van der Waals surface area contributed by atoms with Crippen molar-refractivity contribution >= 4 is 11.8 Å². The molecule has 2 N–H and O–H groups in total. The highest BCUT2D eigenvalue weighted by molar-refractivity contribution is 5.87. The summed E-state index contributed by atoms with van der Waals surface area (Å²) >= 11 is 0. The maximum absolute atomic E-state index is 12.0. The van der Waals surface area contributed by atoms with Crippen molar-refractivity contribution in [3.05, 3.63) is 0 Å². The first-order chi connectivity index (χ1) is 6.93. The maximum Gasteiger partial charge on any atom is 0.243 e. The lowest BCUT2D eigenvalue weighted by atomic mass is 9.85. The van der Waals surface area contributed by atoms with Crippen LogP contribution in [0, 0.1) is 5.41 Å². The molecule has 4 nitrogen and oxygen atoms in total. The Hall–Kier alpha value is -1.06. The minimum Gasteiger partial charge on any atom is -0.350 e. The summed E-state index contributed by atoms with van der Waals surface area (Å²) in [6.07, 6.45) is 0. The molecule has 94 valence electrons. The fourth-order valence-corrected chi connectivity index (χ4v) is 1.32. The molecule has 0 aromatic heterocycles. The van der Waals surface area contributed by atoms with Crippen LogP contribution in [0.5, 0.6) is 0 Å². The molecule has 16 heavy (non-hydrogen) atoms. The van der Waals surface area contributed by atoms with Gasteiger partial charge in [-0.1, -0.05) is 20.8 Å². The zero-order valence-electron chi connectivity index (χ0n) is 11.4. The lowest BCUT2D eigenvalue weighted by Gasteiger charge is -2.32. The molecular weight excluding hydrogens is 204 g/mol. The predicted octanol–water partition coefficient (Wildman–Crippen LogP) is 1.45. The molecule has 0 saturated heterocycles. The first-order valence-corrected chi connectivity index (χ1v) is 5.52. The van der Waals surface area contributed by atoms with Gasteiger partial charge in [0, 0.05) is 12.5 Å². The van der Waals surface area contributed by atoms with E-state index in [4.69, 9.17) is 0 Å². The van der Waals surface area contributed by atoms with Gasteiger partial charge >= 0.3 is 0 Å². The van der Waals surface area contributed by atoms with Crippen molar-refractivity contribution in [2.45, 2.75) is 60.0 Å². The fourth-order valence-electron chi connectivity index (χ4n) is 1.32. The Morgan fingerprint density at radius 2 is 1.44 bits per heavy atom. The first-order valence-electron chi connectivity index (χ1n) is 5.52. The maximum atomic E-state index is 12.0. The number of nitrogens with one attached hydrogen (secondary N) is 2. The zero-order chi connectivity index (χ0) is 13.1. The van der Waals surface area contributed by atoms with Crippen LogP contribution in [0.4, 0.5) is 0 Å². The third-order valence-corrected chi connectivity index (χ3v) is 1.97. The van der Waals surface area contributed by atoms with Crippen molar-refractivity contribution in [1.29, 1.82) is 0 Å². The second-order valence-corrected chi connectivity index (χ2v) is 6.24. The summed E-state index contributed by atoms with van der Waals surface area (Å²) in [5.41, 5.74) is -0.597. The second-order valence-electron chi connectivity index (χ2n) is 6.24. The van der Waals surface area contributed by atoms with Crippen molar-refractivity contribution in [3.8, 4) is 0 Å². The molecule has 0 aromatic rings. The molecule has 0 bridgehead atoms. The molecule has 0 aromatic carbocycles. The van der Waals surface area contributed by atoms with Gasteiger partial charge in [0.2, 0.25) is 11.8 Å². The van der Waals surface area contributed by atoms with Crippen molar-refractivity contribution in [2.75, 3.05) is 0 Å². The SMILES string of the molecule is CC(=O)NC(C(=O)NC(C)(C)C)C(C)(C)C. The topological polar surface area (TPSA) is 58.2 Å². The summed E-state index contributed by atoms with van der Waals surface area (Å²) in [7, 11) is 0. The van der Waals surface area contributed by atoms with E-state index in [0.29, 0.717) is 0 Å². The van der Waals surface area contributed by atoms with E-state index in [1.54, 1.807) is 0 Å². The number of amides is 2. The molecular formula is C12H24N2O2. The largest absolute Gasteiger partial charge is 0.350 e. The molecule has 0 aliphatic heterocycles. The van der Waals surface area contributed by atoms with Crippen LogP contribution in [0.1, 0.15) is 48.5 Å². The quantitative estimate of drug-likeness (QED) is 0.751. The van der Waals surface area contributed by atoms with Crippen molar-refractivity contribution in [2.24, 2.45) is 5.41 Å². The normalized spacial score (nSPS) is 14.2. The van der Waals surface area contributed by atoms with Gasteiger partial charge in [-0.15, -0.1) is 0 Å². The monoisotopic (exact) mass is 228 g/mol. The average Bonchev–Trinajstić information content (AvgIpc) is 1.93. The Balaban J connectivity index is 4.78. The number of hydrogen-bond acceptors (Lipinski definition) is 2. The van der Waals surface area contributed by atoms with E-state index in [1.807, 2.05) is 41.5 Å². The van der Waals surface area contributed by atoms with E-state index in [0.717, 1.165) is 0 Å². The van der Waals surface area contributed by atoms with Gasteiger partial charge in [-0.05, 0) is 26.2 Å². The standard InChI is InChI=1S/C12H24N2O2/c1-8(15)13-9(11(2,3)4)10(16)14-12(5,6)7/h9H,1-7H3,(H,13,15)(H,14,16). The number of rotatable bonds is 2. The van der Waals surface area contributed by atoms with Crippen LogP contribution in [0.3, 0.4) is 0 Å². The average molecular weight is 228 g/mol. The molecule has 0 fully saturated rings. The van der Waals surface area contributed by atoms with Crippen LogP contribution in [-0.2, 0) is 9.59 Å². The minimum atomic E-state index is -0.510. The Bertz CT molecular complexity index is 272. The molecule has 0 radical (unpaired) electrons. The first kappa shape index (κ1) is 14.9. The van der Waals surface area contributed by atoms with Crippen LogP contribution in [0.25, 0.3) is 0 Å². The van der Waals surface area contributed by atoms with Crippen LogP contribution in [-0.4, -0.2) is 23.4 Å². The Morgan fingerprint density at radius 3 is 1.69 bits per heavy atom. The van der Waals surface area contributed by atoms with Gasteiger partial charge < -0.3 is 10.6 Å². The van der Waals surface area contributed by atoms with Gasteiger partial charge in [0.15, 0.2) is 0 Å². The molecule has 0 aliphatic rings. The third kappa shape index (κ3) is 5.73. The van der Waals surface area contributed by atoms with Crippen molar-refractivity contribution in [1.82, 2.24) is 10.6 Å². The molecule has 1 atom stereocenters. The Labute approximate surface area is 98.2 Å². The highest BCUT2D eigenvalue weighted by Gasteiger charge is 2.33. The molecule has 4 heteroatoms. The van der Waals surface area contributed by atoms with E-state index in [-0.39, 0.29) is 22.8 Å². The highest BCUT2D eigenvalue weighted by Crippen LogP contribution is 2.20. The van der Waals surface area contributed by atoms with Gasteiger partial charge in [0.05, 0.1) is 0 Å². The van der Waals surface area contributed by atoms with Crippen LogP contribution in [0.2, 0.25) is 0 Å². The molecule has 0 aliphatic carbocycles. The number of carbonyl (C=O) groups is 2. The van der Waals surface area contributed by atoms with E-state index in [9.17, 15) is 9.59 Å². The van der Waals surface area contributed by atoms with Gasteiger partial charge in [0.25, 0.3) is 0 Å². The van der Waals surface area contributed by atoms with Gasteiger partial charge in [-0.25, -0.2) is 0 Å². The summed E-state index contributed by atoms with van der Waals surface area (Å²) < 4.78 is 0. The summed E-state index contributed by atoms with van der Waals surface area (Å²) in [6.45, 7) is 12.9. The van der Waals surface area contributed by atoms with Crippen LogP contribution in [0.15, 0.2) is 0 Å². The molecule has 0 heterocycles. The lowest BCUT2D eigenvalue weighted by Crippen LogP contribution is -2.56. The Morgan fingerprint density at radius 1 is 1.00 bits per heavy atom. The molecule has 0 saturated carbocycles. The van der Waals surface area contributed by atoms with Crippen molar-refractivity contribution < 1.29 is 9.59 Å². The van der Waals surface area contributed by atoms with Gasteiger partial charge in [-0.2, -0.15) is 0 Å². The highest BCUT2D eigenvalue weighted by atomic mass is 16.2. The lowest BCUT2D eigenvalue weighted by molar-refractivity contribution is -0.131. The summed E-state index contributed by atoms with van der Waals surface area (Å²) in [4.78, 5) is 23.1. The smallest absolute Gasteiger partial charge is 0.243 e. The molecule has 0 rings (SSSR count). The molecule has 1 unspecified atom stereocenters. The Kier molecular flexibility index (Phi) is 4.53. The zero-order valence-corrected chi connectivity index (χ0v) is 11.4.